The van der Waals surface area contributed by atoms with Crippen LogP contribution >= 0.6 is 0 Å². The van der Waals surface area contributed by atoms with Gasteiger partial charge in [-0.2, -0.15) is 0 Å². The third-order valence-electron chi connectivity index (χ3n) is 4.77. The molecule has 2 aliphatic heterocycles. The predicted molar refractivity (Wildman–Crippen MR) is 96.3 cm³/mol. The van der Waals surface area contributed by atoms with E-state index in [0.717, 1.165) is 11.3 Å². The van der Waals surface area contributed by atoms with Crippen LogP contribution < -0.4 is 4.90 Å². The molecular weight excluding hydrogens is 350 g/mol. The van der Waals surface area contributed by atoms with E-state index < -0.39 is 4.92 Å². The molecule has 2 heterocycles. The van der Waals surface area contributed by atoms with E-state index in [0.29, 0.717) is 31.8 Å². The zero-order valence-electron chi connectivity index (χ0n) is 14.5. The summed E-state index contributed by atoms with van der Waals surface area (Å²) in [5.74, 6) is -0.441. The number of carbonyl (C=O) groups is 2. The van der Waals surface area contributed by atoms with Gasteiger partial charge < -0.3 is 14.5 Å². The van der Waals surface area contributed by atoms with Gasteiger partial charge in [-0.3, -0.25) is 19.7 Å². The highest BCUT2D eigenvalue weighted by molar-refractivity contribution is 6.02. The van der Waals surface area contributed by atoms with Crippen molar-refractivity contribution < 1.29 is 19.2 Å². The van der Waals surface area contributed by atoms with Crippen molar-refractivity contribution in [3.8, 4) is 0 Å². The van der Waals surface area contributed by atoms with Crippen LogP contribution in [0, 0.1) is 10.1 Å². The number of hydrogen-bond donors (Lipinski definition) is 0. The van der Waals surface area contributed by atoms with E-state index in [9.17, 15) is 19.7 Å². The van der Waals surface area contributed by atoms with Crippen LogP contribution in [0.4, 0.5) is 11.4 Å². The van der Waals surface area contributed by atoms with Crippen molar-refractivity contribution in [3.63, 3.8) is 0 Å². The van der Waals surface area contributed by atoms with Crippen molar-refractivity contribution in [3.05, 3.63) is 69.3 Å². The van der Waals surface area contributed by atoms with Gasteiger partial charge in [0.1, 0.15) is 12.2 Å². The fourth-order valence-electron chi connectivity index (χ4n) is 3.51. The number of anilines is 1. The number of nitrogens with zero attached hydrogens (tertiary/aromatic N) is 3. The lowest BCUT2D eigenvalue weighted by Crippen LogP contribution is -2.41. The molecule has 0 radical (unpaired) electrons. The van der Waals surface area contributed by atoms with Crippen LogP contribution in [-0.2, 0) is 22.6 Å². The van der Waals surface area contributed by atoms with Gasteiger partial charge in [0.25, 0.3) is 17.5 Å². The number of morpholine rings is 1. The lowest BCUT2D eigenvalue weighted by atomic mass is 10.1. The number of hydrogen-bond acceptors (Lipinski definition) is 5. The van der Waals surface area contributed by atoms with Crippen molar-refractivity contribution in [2.24, 2.45) is 0 Å². The van der Waals surface area contributed by atoms with Crippen molar-refractivity contribution in [1.29, 1.82) is 0 Å². The van der Waals surface area contributed by atoms with E-state index in [1.54, 1.807) is 21.9 Å². The molecule has 0 N–H and O–H groups in total. The van der Waals surface area contributed by atoms with Crippen LogP contribution in [0.25, 0.3) is 0 Å². The Labute approximate surface area is 155 Å². The van der Waals surface area contributed by atoms with Crippen molar-refractivity contribution in [1.82, 2.24) is 4.90 Å². The molecule has 0 unspecified atom stereocenters. The summed E-state index contributed by atoms with van der Waals surface area (Å²) in [5.41, 5.74) is 2.29. The van der Waals surface area contributed by atoms with Crippen LogP contribution in [0.5, 0.6) is 0 Å². The number of rotatable bonds is 4. The van der Waals surface area contributed by atoms with Gasteiger partial charge in [0.05, 0.1) is 11.5 Å². The number of nitro benzene ring substituents is 1. The first-order valence-corrected chi connectivity index (χ1v) is 8.57. The minimum absolute atomic E-state index is 0.0633. The topological polar surface area (TPSA) is 93.0 Å². The van der Waals surface area contributed by atoms with Crippen LogP contribution in [0.2, 0.25) is 0 Å². The average Bonchev–Trinajstić information content (AvgIpc) is 2.98. The molecule has 0 bridgehead atoms. The molecule has 27 heavy (non-hydrogen) atoms. The molecule has 2 aromatic rings. The molecule has 2 aliphatic rings. The molecule has 1 saturated heterocycles. The molecule has 1 fully saturated rings. The summed E-state index contributed by atoms with van der Waals surface area (Å²) in [7, 11) is 0. The summed E-state index contributed by atoms with van der Waals surface area (Å²) in [6.45, 7) is 1.68. The summed E-state index contributed by atoms with van der Waals surface area (Å²) >= 11 is 0. The van der Waals surface area contributed by atoms with Crippen molar-refractivity contribution in [2.45, 2.75) is 13.1 Å². The van der Waals surface area contributed by atoms with Crippen LogP contribution in [-0.4, -0.2) is 41.4 Å². The fourth-order valence-corrected chi connectivity index (χ4v) is 3.51. The van der Waals surface area contributed by atoms with Gasteiger partial charge in [-0.05, 0) is 23.3 Å². The number of nitro groups is 1. The van der Waals surface area contributed by atoms with Gasteiger partial charge in [-0.25, -0.2) is 0 Å². The van der Waals surface area contributed by atoms with E-state index in [1.165, 1.54) is 6.07 Å². The van der Waals surface area contributed by atoms with E-state index in [4.69, 9.17) is 4.74 Å². The molecule has 0 saturated carbocycles. The summed E-state index contributed by atoms with van der Waals surface area (Å²) in [6, 6.07) is 12.1. The Morgan fingerprint density at radius 3 is 2.74 bits per heavy atom. The highest BCUT2D eigenvalue weighted by atomic mass is 16.6. The van der Waals surface area contributed by atoms with E-state index >= 15 is 0 Å². The second kappa shape index (κ2) is 6.81. The monoisotopic (exact) mass is 367 g/mol. The standard InChI is InChI=1S/C19H17N3O5/c23-17-12-27-8-7-21(17)15-5-1-3-13(9-15)10-20-11-14-4-2-6-16(22(25)26)18(14)19(20)24/h1-6,9H,7-8,10-12H2. The molecule has 0 aliphatic carbocycles. The molecule has 0 spiro atoms. The number of amides is 2. The molecule has 8 nitrogen and oxygen atoms in total. The second-order valence-corrected chi connectivity index (χ2v) is 6.50. The molecule has 0 aromatic heterocycles. The van der Waals surface area contributed by atoms with E-state index in [2.05, 4.69) is 0 Å². The highest BCUT2D eigenvalue weighted by Crippen LogP contribution is 2.32. The van der Waals surface area contributed by atoms with E-state index in [1.807, 2.05) is 24.3 Å². The first-order valence-electron chi connectivity index (χ1n) is 8.57. The van der Waals surface area contributed by atoms with Crippen LogP contribution in [0.3, 0.4) is 0 Å². The average molecular weight is 367 g/mol. The molecule has 8 heteroatoms. The maximum Gasteiger partial charge on any atom is 0.282 e. The first-order chi connectivity index (χ1) is 13.0. The first kappa shape index (κ1) is 17.2. The number of fused-ring (bicyclic) bond motifs is 1. The Morgan fingerprint density at radius 1 is 1.15 bits per heavy atom. The number of ether oxygens (including phenoxy) is 1. The second-order valence-electron chi connectivity index (χ2n) is 6.50. The largest absolute Gasteiger partial charge is 0.370 e. The third kappa shape index (κ3) is 3.15. The SMILES string of the molecule is O=C1c2c(cccc2[N+](=O)[O-])CN1Cc1cccc(N2CCOCC2=O)c1. The van der Waals surface area contributed by atoms with Gasteiger partial charge in [-0.15, -0.1) is 0 Å². The normalized spacial score (nSPS) is 16.6. The van der Waals surface area contributed by atoms with Gasteiger partial charge in [-0.1, -0.05) is 24.3 Å². The Morgan fingerprint density at radius 2 is 1.96 bits per heavy atom. The lowest BCUT2D eigenvalue weighted by molar-refractivity contribution is -0.385. The minimum Gasteiger partial charge on any atom is -0.370 e. The zero-order valence-corrected chi connectivity index (χ0v) is 14.5. The zero-order chi connectivity index (χ0) is 19.0. The molecule has 2 amide bonds. The molecule has 4 rings (SSSR count). The van der Waals surface area contributed by atoms with Crippen molar-refractivity contribution in [2.75, 3.05) is 24.7 Å². The number of benzene rings is 2. The lowest BCUT2D eigenvalue weighted by Gasteiger charge is -2.27. The van der Waals surface area contributed by atoms with Crippen LogP contribution in [0.15, 0.2) is 42.5 Å². The third-order valence-corrected chi connectivity index (χ3v) is 4.77. The maximum atomic E-state index is 12.7. The highest BCUT2D eigenvalue weighted by Gasteiger charge is 2.34. The fraction of sp³-hybridized carbons (Fsp3) is 0.263. The Kier molecular flexibility index (Phi) is 4.33. The Balaban J connectivity index is 1.56. The minimum atomic E-state index is -0.523. The van der Waals surface area contributed by atoms with E-state index in [-0.39, 0.29) is 29.7 Å². The molecular formula is C19H17N3O5. The summed E-state index contributed by atoms with van der Waals surface area (Å²) in [4.78, 5) is 38.7. The quantitative estimate of drug-likeness (QED) is 0.609. The van der Waals surface area contributed by atoms with Gasteiger partial charge in [0, 0.05) is 31.4 Å². The van der Waals surface area contributed by atoms with Crippen LogP contribution in [0.1, 0.15) is 21.5 Å². The van der Waals surface area contributed by atoms with Crippen molar-refractivity contribution >= 4 is 23.2 Å². The Bertz CT molecular complexity index is 943. The van der Waals surface area contributed by atoms with Gasteiger partial charge >= 0.3 is 0 Å². The summed E-state index contributed by atoms with van der Waals surface area (Å²) < 4.78 is 5.15. The smallest absolute Gasteiger partial charge is 0.282 e. The molecule has 0 atom stereocenters. The predicted octanol–water partition coefficient (Wildman–Crippen LogP) is 2.11. The molecule has 138 valence electrons. The maximum absolute atomic E-state index is 12.7. The van der Waals surface area contributed by atoms with Gasteiger partial charge in [0.15, 0.2) is 0 Å². The van der Waals surface area contributed by atoms with Gasteiger partial charge in [0.2, 0.25) is 0 Å². The summed E-state index contributed by atoms with van der Waals surface area (Å²) in [6.07, 6.45) is 0. The Hall–Kier alpha value is -3.26. The molecule has 2 aromatic carbocycles. The number of carbonyl (C=O) groups excluding carboxylic acids is 2. The summed E-state index contributed by atoms with van der Waals surface area (Å²) in [5, 5.41) is 11.2.